The fourth-order valence-corrected chi connectivity index (χ4v) is 5.39. The molecule has 0 unspecified atom stereocenters. The number of benzene rings is 3. The van der Waals surface area contributed by atoms with Crippen molar-refractivity contribution in [2.45, 2.75) is 58.1 Å². The Hall–Kier alpha value is -4.06. The average Bonchev–Trinajstić information content (AvgIpc) is 3.45. The second kappa shape index (κ2) is 11.8. The van der Waals surface area contributed by atoms with E-state index < -0.39 is 17.7 Å². The van der Waals surface area contributed by atoms with E-state index in [4.69, 9.17) is 9.47 Å². The fraction of sp³-hybridized carbons (Fsp3) is 0.333. The van der Waals surface area contributed by atoms with Crippen LogP contribution >= 0.6 is 0 Å². The highest BCUT2D eigenvalue weighted by Gasteiger charge is 2.46. The molecular formula is C33H35NO5. The van der Waals surface area contributed by atoms with E-state index in [0.717, 1.165) is 48.1 Å². The maximum Gasteiger partial charge on any atom is 0.295 e. The summed E-state index contributed by atoms with van der Waals surface area (Å²) >= 11 is 0. The summed E-state index contributed by atoms with van der Waals surface area (Å²) in [6.07, 6.45) is 4.52. The van der Waals surface area contributed by atoms with Gasteiger partial charge in [0.25, 0.3) is 11.7 Å². The number of hydrogen-bond donors (Lipinski definition) is 1. The first-order valence-corrected chi connectivity index (χ1v) is 13.8. The van der Waals surface area contributed by atoms with Gasteiger partial charge in [-0.3, -0.25) is 9.59 Å². The van der Waals surface area contributed by atoms with Crippen LogP contribution < -0.4 is 9.47 Å². The van der Waals surface area contributed by atoms with Crippen LogP contribution in [0, 0.1) is 0 Å². The third kappa shape index (κ3) is 5.70. The number of carbonyl (C=O) groups excluding carboxylic acids is 2. The molecule has 0 spiro atoms. The predicted octanol–water partition coefficient (Wildman–Crippen LogP) is 6.24. The predicted molar refractivity (Wildman–Crippen MR) is 151 cm³/mol. The minimum absolute atomic E-state index is 0.0565. The number of ketones is 1. The number of aliphatic hydroxyl groups is 1. The van der Waals surface area contributed by atoms with Gasteiger partial charge in [-0.05, 0) is 66.8 Å². The number of nitrogens with zero attached hydrogens (tertiary/aromatic N) is 1. The lowest BCUT2D eigenvalue weighted by molar-refractivity contribution is -0.139. The minimum Gasteiger partial charge on any atom is -0.507 e. The molecule has 0 bridgehead atoms. The number of rotatable bonds is 10. The SMILES string of the molecule is CCCCCOc1cccc([C@@H]2/C(=C(\O)c3ccc4c(c3)C[C@@H](C)O4)C(=O)C(=O)N2CCc2ccccc2)c1. The molecule has 6 nitrogen and oxygen atoms in total. The molecule has 202 valence electrons. The first-order chi connectivity index (χ1) is 19.0. The summed E-state index contributed by atoms with van der Waals surface area (Å²) < 4.78 is 11.8. The molecule has 1 N–H and O–H groups in total. The molecular weight excluding hydrogens is 490 g/mol. The highest BCUT2D eigenvalue weighted by atomic mass is 16.5. The number of likely N-dealkylation sites (tertiary alicyclic amines) is 1. The minimum atomic E-state index is -0.726. The summed E-state index contributed by atoms with van der Waals surface area (Å²) in [5, 5.41) is 11.5. The van der Waals surface area contributed by atoms with Gasteiger partial charge in [0.2, 0.25) is 0 Å². The third-order valence-electron chi connectivity index (χ3n) is 7.38. The van der Waals surface area contributed by atoms with Crippen molar-refractivity contribution < 1.29 is 24.2 Å². The largest absolute Gasteiger partial charge is 0.507 e. The highest BCUT2D eigenvalue weighted by Crippen LogP contribution is 2.41. The molecule has 1 fully saturated rings. The van der Waals surface area contributed by atoms with E-state index in [2.05, 4.69) is 6.92 Å². The molecule has 6 heteroatoms. The van der Waals surface area contributed by atoms with Gasteiger partial charge in [-0.2, -0.15) is 0 Å². The second-order valence-electron chi connectivity index (χ2n) is 10.3. The first kappa shape index (κ1) is 26.5. The van der Waals surface area contributed by atoms with Gasteiger partial charge >= 0.3 is 0 Å². The molecule has 39 heavy (non-hydrogen) atoms. The van der Waals surface area contributed by atoms with Crippen LogP contribution in [0.4, 0.5) is 0 Å². The molecule has 2 atom stereocenters. The zero-order valence-corrected chi connectivity index (χ0v) is 22.6. The molecule has 3 aromatic rings. The van der Waals surface area contributed by atoms with Gasteiger partial charge in [-0.1, -0.05) is 62.2 Å². The van der Waals surface area contributed by atoms with Gasteiger partial charge < -0.3 is 19.5 Å². The van der Waals surface area contributed by atoms with Gasteiger partial charge in [0.05, 0.1) is 18.2 Å². The lowest BCUT2D eigenvalue weighted by atomic mass is 9.94. The Morgan fingerprint density at radius 2 is 1.85 bits per heavy atom. The third-order valence-corrected chi connectivity index (χ3v) is 7.38. The van der Waals surface area contributed by atoms with Crippen molar-refractivity contribution in [1.82, 2.24) is 4.90 Å². The monoisotopic (exact) mass is 525 g/mol. The zero-order valence-electron chi connectivity index (χ0n) is 22.6. The number of fused-ring (bicyclic) bond motifs is 1. The molecule has 5 rings (SSSR count). The zero-order chi connectivity index (χ0) is 27.4. The molecule has 1 amide bonds. The van der Waals surface area contributed by atoms with E-state index in [1.54, 1.807) is 11.0 Å². The van der Waals surface area contributed by atoms with Gasteiger partial charge in [0.15, 0.2) is 0 Å². The lowest BCUT2D eigenvalue weighted by Crippen LogP contribution is -2.31. The van der Waals surface area contributed by atoms with Gasteiger partial charge in [0.1, 0.15) is 23.4 Å². The van der Waals surface area contributed by atoms with Crippen LogP contribution in [0.2, 0.25) is 0 Å². The van der Waals surface area contributed by atoms with E-state index in [9.17, 15) is 14.7 Å². The standard InChI is InChI=1S/C33H35NO5/c1-3-4-8-18-38-27-13-9-12-24(21-27)30-29(31(35)25-14-15-28-26(20-25)19-22(2)39-28)32(36)33(37)34(30)17-16-23-10-6-5-7-11-23/h5-7,9-15,20-22,30,35H,3-4,8,16-19H2,1-2H3/b31-29+/t22-,30-/m1/s1. The molecule has 2 aliphatic heterocycles. The van der Waals surface area contributed by atoms with E-state index in [1.807, 2.05) is 73.7 Å². The van der Waals surface area contributed by atoms with Crippen molar-refractivity contribution in [1.29, 1.82) is 0 Å². The van der Waals surface area contributed by atoms with Crippen LogP contribution in [-0.2, 0) is 22.4 Å². The summed E-state index contributed by atoms with van der Waals surface area (Å²) in [4.78, 5) is 28.4. The maximum absolute atomic E-state index is 13.5. The Bertz CT molecular complexity index is 1380. The Morgan fingerprint density at radius 1 is 1.03 bits per heavy atom. The van der Waals surface area contributed by atoms with Crippen LogP contribution in [0.5, 0.6) is 11.5 Å². The van der Waals surface area contributed by atoms with E-state index in [-0.39, 0.29) is 17.4 Å². The van der Waals surface area contributed by atoms with Crippen LogP contribution in [-0.4, -0.2) is 41.0 Å². The average molecular weight is 526 g/mol. The number of amides is 1. The van der Waals surface area contributed by atoms with E-state index in [0.29, 0.717) is 30.9 Å². The van der Waals surface area contributed by atoms with E-state index in [1.165, 1.54) is 0 Å². The smallest absolute Gasteiger partial charge is 0.295 e. The van der Waals surface area contributed by atoms with Crippen LogP contribution in [0.15, 0.2) is 78.4 Å². The molecule has 0 aliphatic carbocycles. The number of unbranched alkanes of at least 4 members (excludes halogenated alkanes) is 2. The van der Waals surface area contributed by atoms with Gasteiger partial charge in [-0.15, -0.1) is 0 Å². The normalized spacial score (nSPS) is 19.7. The maximum atomic E-state index is 13.5. The number of carbonyl (C=O) groups is 2. The molecule has 3 aromatic carbocycles. The molecule has 1 saturated heterocycles. The number of Topliss-reactive ketones (excluding diaryl/α,β-unsaturated/α-hetero) is 1. The molecule has 0 aromatic heterocycles. The quantitative estimate of drug-likeness (QED) is 0.147. The first-order valence-electron chi connectivity index (χ1n) is 13.8. The summed E-state index contributed by atoms with van der Waals surface area (Å²) in [7, 11) is 0. The molecule has 0 radical (unpaired) electrons. The number of ether oxygens (including phenoxy) is 2. The summed E-state index contributed by atoms with van der Waals surface area (Å²) in [5.41, 5.74) is 3.38. The number of aliphatic hydroxyl groups excluding tert-OH is 1. The fourth-order valence-electron chi connectivity index (χ4n) is 5.39. The van der Waals surface area contributed by atoms with Crippen molar-refractivity contribution in [3.05, 3.63) is 101 Å². The molecule has 2 aliphatic rings. The van der Waals surface area contributed by atoms with Crippen molar-refractivity contribution in [2.75, 3.05) is 13.2 Å². The highest BCUT2D eigenvalue weighted by molar-refractivity contribution is 6.46. The molecule has 0 saturated carbocycles. The van der Waals surface area contributed by atoms with Crippen LogP contribution in [0.1, 0.15) is 61.4 Å². The summed E-state index contributed by atoms with van der Waals surface area (Å²) in [6.45, 7) is 5.08. The molecule has 2 heterocycles. The Kier molecular flexibility index (Phi) is 8.01. The summed E-state index contributed by atoms with van der Waals surface area (Å²) in [6, 6.07) is 22.1. The topological polar surface area (TPSA) is 76.1 Å². The van der Waals surface area contributed by atoms with Crippen molar-refractivity contribution >= 4 is 17.4 Å². The van der Waals surface area contributed by atoms with Crippen LogP contribution in [0.3, 0.4) is 0 Å². The van der Waals surface area contributed by atoms with Crippen LogP contribution in [0.25, 0.3) is 5.76 Å². The van der Waals surface area contributed by atoms with Crippen molar-refractivity contribution in [3.8, 4) is 11.5 Å². The van der Waals surface area contributed by atoms with Gasteiger partial charge in [0, 0.05) is 18.5 Å². The lowest BCUT2D eigenvalue weighted by Gasteiger charge is -2.26. The van der Waals surface area contributed by atoms with E-state index >= 15 is 0 Å². The van der Waals surface area contributed by atoms with Crippen molar-refractivity contribution in [3.63, 3.8) is 0 Å². The number of hydrogen-bond acceptors (Lipinski definition) is 5. The second-order valence-corrected chi connectivity index (χ2v) is 10.3. The Morgan fingerprint density at radius 3 is 2.64 bits per heavy atom. The summed E-state index contributed by atoms with van der Waals surface area (Å²) in [5.74, 6) is 0.0137. The Balaban J connectivity index is 1.52. The Labute approximate surface area is 229 Å². The van der Waals surface area contributed by atoms with Crippen molar-refractivity contribution in [2.24, 2.45) is 0 Å². The van der Waals surface area contributed by atoms with Gasteiger partial charge in [-0.25, -0.2) is 0 Å².